The molecule has 5 rings (SSSR count). The molecule has 4 aromatic rings. The molecule has 0 bridgehead atoms. The van der Waals surface area contributed by atoms with Crippen molar-refractivity contribution in [3.05, 3.63) is 51.5 Å². The SMILES string of the molecule is Cc1cc(NC(=O)C2CCN(S(=O)(=O)c3ccc(Cl)s3)CC2)n(-c2nc3c(Cl)cccc3s2)n1. The molecule has 1 aromatic carbocycles. The Morgan fingerprint density at radius 3 is 2.59 bits per heavy atom. The fourth-order valence-corrected chi connectivity index (χ4v) is 8.22. The van der Waals surface area contributed by atoms with E-state index in [1.165, 1.54) is 21.7 Å². The number of piperidine rings is 1. The number of benzene rings is 1. The van der Waals surface area contributed by atoms with Crippen LogP contribution in [0.5, 0.6) is 0 Å². The van der Waals surface area contributed by atoms with E-state index in [2.05, 4.69) is 15.4 Å². The van der Waals surface area contributed by atoms with E-state index in [-0.39, 0.29) is 29.1 Å². The van der Waals surface area contributed by atoms with E-state index < -0.39 is 10.0 Å². The van der Waals surface area contributed by atoms with Crippen molar-refractivity contribution in [1.29, 1.82) is 0 Å². The topological polar surface area (TPSA) is 97.2 Å². The second-order valence-electron chi connectivity index (χ2n) is 7.89. The van der Waals surface area contributed by atoms with E-state index in [0.717, 1.165) is 21.7 Å². The summed E-state index contributed by atoms with van der Waals surface area (Å²) in [5.74, 6) is 0.0318. The fraction of sp³-hybridized carbons (Fsp3) is 0.286. The molecule has 1 amide bonds. The second-order valence-corrected chi connectivity index (χ2v) is 13.2. The molecule has 0 saturated carbocycles. The molecule has 0 aliphatic carbocycles. The Labute approximate surface area is 214 Å². The molecule has 1 fully saturated rings. The van der Waals surface area contributed by atoms with Crippen LogP contribution in [0.25, 0.3) is 15.3 Å². The summed E-state index contributed by atoms with van der Waals surface area (Å²) in [6.45, 7) is 2.38. The number of thiazole rings is 1. The van der Waals surface area contributed by atoms with Gasteiger partial charge in [0.15, 0.2) is 0 Å². The normalized spacial score (nSPS) is 15.7. The van der Waals surface area contributed by atoms with Crippen molar-refractivity contribution in [3.63, 3.8) is 0 Å². The lowest BCUT2D eigenvalue weighted by molar-refractivity contribution is -0.120. The molecule has 178 valence electrons. The quantitative estimate of drug-likeness (QED) is 0.365. The zero-order valence-corrected chi connectivity index (χ0v) is 21.8. The summed E-state index contributed by atoms with van der Waals surface area (Å²) in [5.41, 5.74) is 1.42. The van der Waals surface area contributed by atoms with E-state index in [9.17, 15) is 13.2 Å². The maximum absolute atomic E-state index is 13.0. The summed E-state index contributed by atoms with van der Waals surface area (Å²) in [5, 5.41) is 8.61. The number of para-hydroxylation sites is 1. The number of thiophene rings is 1. The molecular weight excluding hydrogens is 537 g/mol. The molecule has 8 nitrogen and oxygen atoms in total. The largest absolute Gasteiger partial charge is 0.310 e. The van der Waals surface area contributed by atoms with Crippen LogP contribution in [0, 0.1) is 12.8 Å². The van der Waals surface area contributed by atoms with Crippen LogP contribution in [0.2, 0.25) is 9.36 Å². The first-order chi connectivity index (χ1) is 16.2. The number of halogens is 2. The Balaban J connectivity index is 1.30. The molecule has 1 aliphatic rings. The number of hydrogen-bond donors (Lipinski definition) is 1. The number of nitrogens with one attached hydrogen (secondary N) is 1. The minimum atomic E-state index is -3.60. The van der Waals surface area contributed by atoms with Gasteiger partial charge in [0.05, 0.1) is 19.8 Å². The number of hydrogen-bond acceptors (Lipinski definition) is 7. The maximum atomic E-state index is 13.0. The van der Waals surface area contributed by atoms with Gasteiger partial charge in [0.2, 0.25) is 11.0 Å². The molecule has 13 heteroatoms. The molecular formula is C21H19Cl2N5O3S3. The summed E-state index contributed by atoms with van der Waals surface area (Å²) in [7, 11) is -3.60. The van der Waals surface area contributed by atoms with Crippen molar-refractivity contribution < 1.29 is 13.2 Å². The van der Waals surface area contributed by atoms with Crippen LogP contribution in [0.4, 0.5) is 5.82 Å². The number of carbonyl (C=O) groups is 1. The van der Waals surface area contributed by atoms with Crippen LogP contribution in [-0.2, 0) is 14.8 Å². The van der Waals surface area contributed by atoms with Gasteiger partial charge in [-0.2, -0.15) is 14.1 Å². The predicted octanol–water partition coefficient (Wildman–Crippen LogP) is 5.20. The first-order valence-corrected chi connectivity index (χ1v) is 14.2. The number of anilines is 1. The number of nitrogens with zero attached hydrogens (tertiary/aromatic N) is 4. The highest BCUT2D eigenvalue weighted by Gasteiger charge is 2.33. The van der Waals surface area contributed by atoms with Crippen molar-refractivity contribution in [3.8, 4) is 5.13 Å². The van der Waals surface area contributed by atoms with Gasteiger partial charge in [0, 0.05) is 25.1 Å². The van der Waals surface area contributed by atoms with Crippen molar-refractivity contribution in [1.82, 2.24) is 19.1 Å². The van der Waals surface area contributed by atoms with Crippen LogP contribution in [0.15, 0.2) is 40.6 Å². The maximum Gasteiger partial charge on any atom is 0.252 e. The zero-order valence-electron chi connectivity index (χ0n) is 17.9. The molecule has 0 spiro atoms. The molecule has 1 N–H and O–H groups in total. The third-order valence-electron chi connectivity index (χ3n) is 5.59. The predicted molar refractivity (Wildman–Crippen MR) is 136 cm³/mol. The van der Waals surface area contributed by atoms with Crippen molar-refractivity contribution in [2.45, 2.75) is 24.0 Å². The van der Waals surface area contributed by atoms with E-state index in [0.29, 0.717) is 38.7 Å². The zero-order chi connectivity index (χ0) is 24.0. The summed E-state index contributed by atoms with van der Waals surface area (Å²) < 4.78 is 30.2. The van der Waals surface area contributed by atoms with Gasteiger partial charge in [-0.3, -0.25) is 4.79 Å². The highest BCUT2D eigenvalue weighted by Crippen LogP contribution is 2.33. The monoisotopic (exact) mass is 555 g/mol. The number of rotatable bonds is 5. The van der Waals surface area contributed by atoms with Crippen LogP contribution in [0.1, 0.15) is 18.5 Å². The van der Waals surface area contributed by atoms with Gasteiger partial charge in [-0.05, 0) is 44.0 Å². The fourth-order valence-electron chi connectivity index (χ4n) is 3.88. The molecule has 3 aromatic heterocycles. The van der Waals surface area contributed by atoms with Crippen LogP contribution in [-0.4, -0.2) is 46.5 Å². The summed E-state index contributed by atoms with van der Waals surface area (Å²) in [6.07, 6.45) is 0.849. The lowest BCUT2D eigenvalue weighted by Gasteiger charge is -2.30. The number of aromatic nitrogens is 3. The highest BCUT2D eigenvalue weighted by molar-refractivity contribution is 7.91. The lowest BCUT2D eigenvalue weighted by Crippen LogP contribution is -2.41. The second kappa shape index (κ2) is 9.21. The van der Waals surface area contributed by atoms with E-state index in [4.69, 9.17) is 23.2 Å². The van der Waals surface area contributed by atoms with Gasteiger partial charge < -0.3 is 5.32 Å². The standard InChI is InChI=1S/C21H19Cl2N5O3S3/c1-12-11-17(28(26-12)21-25-19-14(22)3-2-4-15(19)32-21)24-20(29)13-7-9-27(10-8-13)34(30,31)18-6-5-16(23)33-18/h2-6,11,13H,7-10H2,1H3,(H,24,29). The third kappa shape index (κ3) is 4.48. The first kappa shape index (κ1) is 23.7. The Hall–Kier alpha value is -2.02. The number of carbonyl (C=O) groups excluding carboxylic acids is 1. The highest BCUT2D eigenvalue weighted by atomic mass is 35.5. The average molecular weight is 557 g/mol. The lowest BCUT2D eigenvalue weighted by atomic mass is 9.97. The number of amides is 1. The van der Waals surface area contributed by atoms with Gasteiger partial charge in [-0.25, -0.2) is 13.4 Å². The Morgan fingerprint density at radius 1 is 1.15 bits per heavy atom. The number of sulfonamides is 1. The van der Waals surface area contributed by atoms with Crippen molar-refractivity contribution in [2.75, 3.05) is 18.4 Å². The minimum absolute atomic E-state index is 0.170. The Bertz CT molecular complexity index is 1490. The molecule has 0 atom stereocenters. The first-order valence-electron chi connectivity index (χ1n) is 10.4. The van der Waals surface area contributed by atoms with Crippen LogP contribution in [0.3, 0.4) is 0 Å². The number of fused-ring (bicyclic) bond motifs is 1. The third-order valence-corrected chi connectivity index (χ3v) is 10.5. The van der Waals surface area contributed by atoms with Crippen LogP contribution >= 0.6 is 45.9 Å². The minimum Gasteiger partial charge on any atom is -0.310 e. The summed E-state index contributed by atoms with van der Waals surface area (Å²) in [4.78, 5) is 17.6. The van der Waals surface area contributed by atoms with Crippen molar-refractivity contribution in [2.24, 2.45) is 5.92 Å². The number of aryl methyl sites for hydroxylation is 1. The van der Waals surface area contributed by atoms with Gasteiger partial charge in [0.25, 0.3) is 10.0 Å². The van der Waals surface area contributed by atoms with Gasteiger partial charge in [-0.15, -0.1) is 11.3 Å². The molecule has 1 saturated heterocycles. The smallest absolute Gasteiger partial charge is 0.252 e. The van der Waals surface area contributed by atoms with Crippen molar-refractivity contribution >= 4 is 77.8 Å². The Morgan fingerprint density at radius 2 is 1.91 bits per heavy atom. The molecule has 0 unspecified atom stereocenters. The average Bonchev–Trinajstić information content (AvgIpc) is 3.52. The molecule has 34 heavy (non-hydrogen) atoms. The van der Waals surface area contributed by atoms with E-state index in [1.54, 1.807) is 22.9 Å². The summed E-state index contributed by atoms with van der Waals surface area (Å²) in [6, 6.07) is 10.5. The van der Waals surface area contributed by atoms with E-state index >= 15 is 0 Å². The molecule has 4 heterocycles. The molecule has 1 aliphatic heterocycles. The van der Waals surface area contributed by atoms with Crippen LogP contribution < -0.4 is 5.32 Å². The molecule has 0 radical (unpaired) electrons. The Kier molecular flexibility index (Phi) is 6.42. The van der Waals surface area contributed by atoms with Gasteiger partial charge in [-0.1, -0.05) is 40.6 Å². The van der Waals surface area contributed by atoms with E-state index in [1.807, 2.05) is 19.1 Å². The summed E-state index contributed by atoms with van der Waals surface area (Å²) >= 11 is 14.6. The van der Waals surface area contributed by atoms with Gasteiger partial charge in [0.1, 0.15) is 15.5 Å². The van der Waals surface area contributed by atoms with Gasteiger partial charge >= 0.3 is 0 Å².